The van der Waals surface area contributed by atoms with Crippen LogP contribution in [0.3, 0.4) is 0 Å². The second-order valence-electron chi connectivity index (χ2n) is 4.79. The molecule has 0 aromatic heterocycles. The number of hydrogen-bond acceptors (Lipinski definition) is 2. The van der Waals surface area contributed by atoms with Gasteiger partial charge in [-0.3, -0.25) is 0 Å². The van der Waals surface area contributed by atoms with Gasteiger partial charge in [0.25, 0.3) is 0 Å². The van der Waals surface area contributed by atoms with Crippen LogP contribution < -0.4 is 0 Å². The van der Waals surface area contributed by atoms with Gasteiger partial charge in [-0.1, -0.05) is 0 Å². The fourth-order valence-corrected chi connectivity index (χ4v) is 2.33. The van der Waals surface area contributed by atoms with Gasteiger partial charge in [-0.25, -0.2) is 22.0 Å². The summed E-state index contributed by atoms with van der Waals surface area (Å²) in [5, 5.41) is 9.80. The van der Waals surface area contributed by atoms with E-state index < -0.39 is 40.8 Å². The molecule has 20 heavy (non-hydrogen) atoms. The third-order valence-electron chi connectivity index (χ3n) is 3.47. The molecule has 112 valence electrons. The van der Waals surface area contributed by atoms with Crippen molar-refractivity contribution in [3.63, 3.8) is 0 Å². The molecule has 0 spiro atoms. The molecule has 1 aromatic rings. The van der Waals surface area contributed by atoms with E-state index in [1.54, 1.807) is 0 Å². The fraction of sp³-hybridized carbons (Fsp3) is 0.538. The Bertz CT molecular complexity index is 471. The highest BCUT2D eigenvalue weighted by Crippen LogP contribution is 2.33. The lowest BCUT2D eigenvalue weighted by molar-refractivity contribution is 0.0416. The van der Waals surface area contributed by atoms with Crippen LogP contribution in [0.4, 0.5) is 22.0 Å². The first-order valence-electron chi connectivity index (χ1n) is 6.20. The number of hydrogen-bond donors (Lipinski definition) is 1. The summed E-state index contributed by atoms with van der Waals surface area (Å²) in [6, 6.07) is 0. The molecular formula is C13H13F5O2. The van der Waals surface area contributed by atoms with Gasteiger partial charge < -0.3 is 9.84 Å². The Morgan fingerprint density at radius 3 is 1.85 bits per heavy atom. The van der Waals surface area contributed by atoms with E-state index in [1.165, 1.54) is 0 Å². The first kappa shape index (κ1) is 15.2. The number of rotatable bonds is 3. The van der Waals surface area contributed by atoms with E-state index >= 15 is 0 Å². The summed E-state index contributed by atoms with van der Waals surface area (Å²) in [6.07, 6.45) is -0.650. The lowest BCUT2D eigenvalue weighted by Gasteiger charge is -2.24. The van der Waals surface area contributed by atoms with Crippen LogP contribution in [-0.2, 0) is 4.74 Å². The van der Waals surface area contributed by atoms with Gasteiger partial charge in [0.1, 0.15) is 0 Å². The molecule has 1 atom stereocenters. The molecule has 0 bridgehead atoms. The van der Waals surface area contributed by atoms with Gasteiger partial charge in [-0.15, -0.1) is 0 Å². The van der Waals surface area contributed by atoms with E-state index in [2.05, 4.69) is 0 Å². The van der Waals surface area contributed by atoms with Crippen molar-refractivity contribution in [2.75, 3.05) is 13.2 Å². The minimum Gasteiger partial charge on any atom is -0.388 e. The minimum atomic E-state index is -2.22. The molecule has 1 N–H and O–H groups in total. The maximum atomic E-state index is 13.5. The smallest absolute Gasteiger partial charge is 0.200 e. The molecule has 0 saturated carbocycles. The van der Waals surface area contributed by atoms with Crippen molar-refractivity contribution in [2.24, 2.45) is 5.92 Å². The van der Waals surface area contributed by atoms with Crippen molar-refractivity contribution >= 4 is 0 Å². The molecule has 7 heteroatoms. The highest BCUT2D eigenvalue weighted by Gasteiger charge is 2.31. The lowest BCUT2D eigenvalue weighted by atomic mass is 9.90. The Morgan fingerprint density at radius 2 is 1.35 bits per heavy atom. The first-order chi connectivity index (χ1) is 9.43. The number of aliphatic hydroxyl groups excluding tert-OH is 1. The Balaban J connectivity index is 2.27. The SMILES string of the molecule is OC(CC1CCOCC1)c1c(F)c(F)c(F)c(F)c1F. The summed E-state index contributed by atoms with van der Waals surface area (Å²) in [5.74, 6) is -10.3. The van der Waals surface area contributed by atoms with E-state index in [0.717, 1.165) is 0 Å². The van der Waals surface area contributed by atoms with Gasteiger partial charge in [-0.2, -0.15) is 0 Å². The molecule has 2 rings (SSSR count). The van der Waals surface area contributed by atoms with Crippen LogP contribution in [0.2, 0.25) is 0 Å². The second kappa shape index (κ2) is 6.05. The van der Waals surface area contributed by atoms with E-state index in [1.807, 2.05) is 0 Å². The zero-order chi connectivity index (χ0) is 14.9. The highest BCUT2D eigenvalue weighted by atomic mass is 19.2. The fourth-order valence-electron chi connectivity index (χ4n) is 2.33. The topological polar surface area (TPSA) is 29.5 Å². The van der Waals surface area contributed by atoms with Gasteiger partial charge in [0.15, 0.2) is 23.3 Å². The second-order valence-corrected chi connectivity index (χ2v) is 4.79. The van der Waals surface area contributed by atoms with Gasteiger partial charge in [0.2, 0.25) is 5.82 Å². The van der Waals surface area contributed by atoms with Crippen LogP contribution >= 0.6 is 0 Å². The predicted molar refractivity (Wildman–Crippen MR) is 59.4 cm³/mol. The average Bonchev–Trinajstić information content (AvgIpc) is 2.44. The number of ether oxygens (including phenoxy) is 1. The number of halogens is 5. The van der Waals surface area contributed by atoms with Gasteiger partial charge in [0, 0.05) is 13.2 Å². The zero-order valence-corrected chi connectivity index (χ0v) is 10.4. The van der Waals surface area contributed by atoms with E-state index in [-0.39, 0.29) is 12.3 Å². The van der Waals surface area contributed by atoms with Gasteiger partial charge in [-0.05, 0) is 25.2 Å². The van der Waals surface area contributed by atoms with Gasteiger partial charge >= 0.3 is 0 Å². The predicted octanol–water partition coefficient (Wildman–Crippen LogP) is 3.23. The summed E-state index contributed by atoms with van der Waals surface area (Å²) in [5.41, 5.74) is -1.16. The Labute approximate surface area is 112 Å². The van der Waals surface area contributed by atoms with Crippen LogP contribution in [-0.4, -0.2) is 18.3 Å². The molecule has 1 aromatic carbocycles. The van der Waals surface area contributed by atoms with Crippen molar-refractivity contribution in [3.05, 3.63) is 34.6 Å². The van der Waals surface area contributed by atoms with Crippen LogP contribution in [0.5, 0.6) is 0 Å². The average molecular weight is 296 g/mol. The monoisotopic (exact) mass is 296 g/mol. The van der Waals surface area contributed by atoms with E-state index in [0.29, 0.717) is 26.1 Å². The van der Waals surface area contributed by atoms with E-state index in [4.69, 9.17) is 4.74 Å². The summed E-state index contributed by atoms with van der Waals surface area (Å²) in [7, 11) is 0. The van der Waals surface area contributed by atoms with Crippen molar-refractivity contribution in [1.82, 2.24) is 0 Å². The Hall–Kier alpha value is -1.21. The molecule has 1 aliphatic rings. The van der Waals surface area contributed by atoms with Crippen LogP contribution in [0.25, 0.3) is 0 Å². The molecule has 2 nitrogen and oxygen atoms in total. The summed E-state index contributed by atoms with van der Waals surface area (Å²) >= 11 is 0. The molecule has 1 fully saturated rings. The lowest BCUT2D eigenvalue weighted by Crippen LogP contribution is -2.20. The maximum Gasteiger partial charge on any atom is 0.200 e. The Kier molecular flexibility index (Phi) is 4.59. The van der Waals surface area contributed by atoms with E-state index in [9.17, 15) is 27.1 Å². The number of benzene rings is 1. The standard InChI is InChI=1S/C13H13F5O2/c14-9-8(10(15)12(17)13(18)11(9)16)7(19)5-6-1-3-20-4-2-6/h6-7,19H,1-5H2. The molecule has 1 aliphatic heterocycles. The molecule has 0 aliphatic carbocycles. The normalized spacial score (nSPS) is 18.3. The van der Waals surface area contributed by atoms with Crippen molar-refractivity contribution < 1.29 is 31.8 Å². The van der Waals surface area contributed by atoms with Gasteiger partial charge in [0.05, 0.1) is 11.7 Å². The maximum absolute atomic E-state index is 13.5. The Morgan fingerprint density at radius 1 is 0.900 bits per heavy atom. The molecule has 0 radical (unpaired) electrons. The summed E-state index contributed by atoms with van der Waals surface area (Å²) in [6.45, 7) is 0.906. The summed E-state index contributed by atoms with van der Waals surface area (Å²) < 4.78 is 71.1. The third kappa shape index (κ3) is 2.78. The molecule has 1 saturated heterocycles. The number of aliphatic hydroxyl groups is 1. The molecule has 0 amide bonds. The molecule has 1 unspecified atom stereocenters. The van der Waals surface area contributed by atoms with Crippen LogP contribution in [0.15, 0.2) is 0 Å². The third-order valence-corrected chi connectivity index (χ3v) is 3.47. The molecular weight excluding hydrogens is 283 g/mol. The first-order valence-corrected chi connectivity index (χ1v) is 6.20. The summed E-state index contributed by atoms with van der Waals surface area (Å²) in [4.78, 5) is 0. The highest BCUT2D eigenvalue weighted by molar-refractivity contribution is 5.26. The van der Waals surface area contributed by atoms with Crippen molar-refractivity contribution in [2.45, 2.75) is 25.4 Å². The quantitative estimate of drug-likeness (QED) is 0.527. The zero-order valence-electron chi connectivity index (χ0n) is 10.4. The van der Waals surface area contributed by atoms with Crippen LogP contribution in [0.1, 0.15) is 30.9 Å². The minimum absolute atomic E-state index is 0.0677. The largest absolute Gasteiger partial charge is 0.388 e. The van der Waals surface area contributed by atoms with Crippen molar-refractivity contribution in [3.8, 4) is 0 Å². The van der Waals surface area contributed by atoms with Crippen molar-refractivity contribution in [1.29, 1.82) is 0 Å². The molecule has 1 heterocycles. The van der Waals surface area contributed by atoms with Crippen LogP contribution in [0, 0.1) is 35.0 Å².